The number of benzene rings is 2. The Balaban J connectivity index is 0.000000188. The Morgan fingerprint density at radius 1 is 0.966 bits per heavy atom. The quantitative estimate of drug-likeness (QED) is 0.516. The number of hydrogen-bond acceptors (Lipinski definition) is 4. The SMILES string of the molecule is CC1CCC(Oc2ccc3cnccc3c2)CC1.COC(=O)c1ccc(C)cc1. The third-order valence-corrected chi connectivity index (χ3v) is 5.35. The first-order valence-corrected chi connectivity index (χ1v) is 10.2. The number of esters is 1. The predicted molar refractivity (Wildman–Crippen MR) is 116 cm³/mol. The molecule has 1 aromatic heterocycles. The lowest BCUT2D eigenvalue weighted by Crippen LogP contribution is -2.22. The van der Waals surface area contributed by atoms with Crippen LogP contribution in [-0.2, 0) is 4.74 Å². The second kappa shape index (κ2) is 10.1. The van der Waals surface area contributed by atoms with Crippen molar-refractivity contribution in [1.29, 1.82) is 0 Å². The standard InChI is InChI=1S/C16H19NO.C9H10O2/c1-12-2-5-15(6-3-12)18-16-7-4-14-11-17-9-8-13(14)10-16;1-7-3-5-8(6-4-7)9(10)11-2/h4,7-12,15H,2-3,5-6H2,1H3;3-6H,1-2H3. The largest absolute Gasteiger partial charge is 0.490 e. The zero-order valence-electron chi connectivity index (χ0n) is 17.4. The van der Waals surface area contributed by atoms with Crippen LogP contribution < -0.4 is 4.74 Å². The van der Waals surface area contributed by atoms with Gasteiger partial charge in [0.25, 0.3) is 0 Å². The summed E-state index contributed by atoms with van der Waals surface area (Å²) in [7, 11) is 1.38. The molecular formula is C25H29NO3. The number of methoxy groups -OCH3 is 1. The van der Waals surface area contributed by atoms with Gasteiger partial charge in [0, 0.05) is 17.8 Å². The first kappa shape index (κ1) is 20.8. The molecule has 3 aromatic rings. The fourth-order valence-corrected chi connectivity index (χ4v) is 3.48. The molecular weight excluding hydrogens is 362 g/mol. The van der Waals surface area contributed by atoms with E-state index >= 15 is 0 Å². The van der Waals surface area contributed by atoms with Gasteiger partial charge in [0.05, 0.1) is 18.8 Å². The lowest BCUT2D eigenvalue weighted by molar-refractivity contribution is 0.0600. The van der Waals surface area contributed by atoms with E-state index in [0.29, 0.717) is 11.7 Å². The number of hydrogen-bond donors (Lipinski definition) is 0. The third kappa shape index (κ3) is 6.05. The average molecular weight is 392 g/mol. The maximum atomic E-state index is 10.9. The molecule has 0 aliphatic heterocycles. The van der Waals surface area contributed by atoms with Crippen LogP contribution in [0, 0.1) is 12.8 Å². The van der Waals surface area contributed by atoms with Crippen molar-refractivity contribution >= 4 is 16.7 Å². The van der Waals surface area contributed by atoms with Crippen molar-refractivity contribution in [2.75, 3.05) is 7.11 Å². The highest BCUT2D eigenvalue weighted by molar-refractivity contribution is 5.89. The van der Waals surface area contributed by atoms with Gasteiger partial charge in [0.1, 0.15) is 5.75 Å². The summed E-state index contributed by atoms with van der Waals surface area (Å²) in [4.78, 5) is 15.0. The maximum absolute atomic E-state index is 10.9. The molecule has 2 aromatic carbocycles. The Labute approximate surface area is 172 Å². The molecule has 4 nitrogen and oxygen atoms in total. The number of aromatic nitrogens is 1. The number of carbonyl (C=O) groups excluding carboxylic acids is 1. The number of aryl methyl sites for hydroxylation is 1. The zero-order chi connectivity index (χ0) is 20.6. The fraction of sp³-hybridized carbons (Fsp3) is 0.360. The van der Waals surface area contributed by atoms with Gasteiger partial charge in [0.2, 0.25) is 0 Å². The molecule has 0 amide bonds. The molecule has 0 bridgehead atoms. The zero-order valence-corrected chi connectivity index (χ0v) is 17.4. The van der Waals surface area contributed by atoms with Gasteiger partial charge in [-0.2, -0.15) is 0 Å². The van der Waals surface area contributed by atoms with Gasteiger partial charge in [-0.25, -0.2) is 4.79 Å². The summed E-state index contributed by atoms with van der Waals surface area (Å²) in [6.45, 7) is 4.31. The molecule has 0 N–H and O–H groups in total. The summed E-state index contributed by atoms with van der Waals surface area (Å²) in [5, 5.41) is 2.37. The molecule has 1 aliphatic carbocycles. The highest BCUT2D eigenvalue weighted by atomic mass is 16.5. The van der Waals surface area contributed by atoms with Crippen molar-refractivity contribution in [1.82, 2.24) is 4.98 Å². The number of carbonyl (C=O) groups is 1. The Morgan fingerprint density at radius 3 is 2.38 bits per heavy atom. The van der Waals surface area contributed by atoms with Crippen LogP contribution in [0.25, 0.3) is 10.8 Å². The van der Waals surface area contributed by atoms with Gasteiger partial charge in [-0.1, -0.05) is 24.6 Å². The van der Waals surface area contributed by atoms with Crippen LogP contribution >= 0.6 is 0 Å². The molecule has 29 heavy (non-hydrogen) atoms. The van der Waals surface area contributed by atoms with Crippen molar-refractivity contribution in [3.05, 3.63) is 72.1 Å². The van der Waals surface area contributed by atoms with Crippen LogP contribution in [0.5, 0.6) is 5.75 Å². The highest BCUT2D eigenvalue weighted by Gasteiger charge is 2.19. The molecule has 1 fully saturated rings. The van der Waals surface area contributed by atoms with Crippen molar-refractivity contribution in [3.8, 4) is 5.75 Å². The molecule has 0 atom stereocenters. The lowest BCUT2D eigenvalue weighted by atomic mass is 9.89. The number of ether oxygens (including phenoxy) is 2. The van der Waals surface area contributed by atoms with Gasteiger partial charge in [0.15, 0.2) is 0 Å². The van der Waals surface area contributed by atoms with Crippen molar-refractivity contribution in [2.24, 2.45) is 5.92 Å². The first-order chi connectivity index (χ1) is 14.0. The van der Waals surface area contributed by atoms with E-state index in [1.54, 1.807) is 12.1 Å². The first-order valence-electron chi connectivity index (χ1n) is 10.2. The number of fused-ring (bicyclic) bond motifs is 1. The molecule has 0 unspecified atom stereocenters. The molecule has 4 heteroatoms. The molecule has 0 saturated heterocycles. The monoisotopic (exact) mass is 391 g/mol. The van der Waals surface area contributed by atoms with Gasteiger partial charge in [-0.3, -0.25) is 4.98 Å². The van der Waals surface area contributed by atoms with E-state index in [-0.39, 0.29) is 5.97 Å². The van der Waals surface area contributed by atoms with E-state index in [9.17, 15) is 4.79 Å². The van der Waals surface area contributed by atoms with Crippen LogP contribution in [0.2, 0.25) is 0 Å². The Hall–Kier alpha value is -2.88. The maximum Gasteiger partial charge on any atom is 0.337 e. The number of pyridine rings is 1. The summed E-state index contributed by atoms with van der Waals surface area (Å²) in [6.07, 6.45) is 9.09. The van der Waals surface area contributed by atoms with E-state index in [1.165, 1.54) is 43.6 Å². The lowest BCUT2D eigenvalue weighted by Gasteiger charge is -2.26. The van der Waals surface area contributed by atoms with Gasteiger partial charge >= 0.3 is 5.97 Å². The highest BCUT2D eigenvalue weighted by Crippen LogP contribution is 2.28. The molecule has 152 valence electrons. The summed E-state index contributed by atoms with van der Waals surface area (Å²) in [5.74, 6) is 1.57. The van der Waals surface area contributed by atoms with E-state index in [1.807, 2.05) is 37.5 Å². The van der Waals surface area contributed by atoms with E-state index in [4.69, 9.17) is 4.74 Å². The summed E-state index contributed by atoms with van der Waals surface area (Å²) >= 11 is 0. The summed E-state index contributed by atoms with van der Waals surface area (Å²) in [5.41, 5.74) is 1.73. The normalized spacial score (nSPS) is 18.4. The molecule has 4 rings (SSSR count). The van der Waals surface area contributed by atoms with Crippen LogP contribution in [0.4, 0.5) is 0 Å². The van der Waals surface area contributed by atoms with Crippen LogP contribution in [0.1, 0.15) is 48.5 Å². The minimum absolute atomic E-state index is 0.287. The molecule has 1 aliphatic rings. The van der Waals surface area contributed by atoms with E-state index in [0.717, 1.165) is 17.2 Å². The van der Waals surface area contributed by atoms with Crippen molar-refractivity contribution in [3.63, 3.8) is 0 Å². The predicted octanol–water partition coefficient (Wildman–Crippen LogP) is 5.97. The molecule has 1 saturated carbocycles. The molecule has 0 spiro atoms. The third-order valence-electron chi connectivity index (χ3n) is 5.35. The van der Waals surface area contributed by atoms with E-state index in [2.05, 4.69) is 34.8 Å². The Bertz CT molecular complexity index is 928. The van der Waals surface area contributed by atoms with Gasteiger partial charge in [-0.05, 0) is 80.3 Å². The summed E-state index contributed by atoms with van der Waals surface area (Å²) < 4.78 is 10.6. The minimum atomic E-state index is -0.287. The topological polar surface area (TPSA) is 48.4 Å². The average Bonchev–Trinajstić information content (AvgIpc) is 2.76. The van der Waals surface area contributed by atoms with Crippen LogP contribution in [-0.4, -0.2) is 24.2 Å². The fourth-order valence-electron chi connectivity index (χ4n) is 3.48. The van der Waals surface area contributed by atoms with E-state index < -0.39 is 0 Å². The number of rotatable bonds is 3. The second-order valence-electron chi connectivity index (χ2n) is 7.74. The van der Waals surface area contributed by atoms with Crippen molar-refractivity contribution in [2.45, 2.75) is 45.6 Å². The number of nitrogens with zero attached hydrogens (tertiary/aromatic N) is 1. The Kier molecular flexibility index (Phi) is 7.23. The van der Waals surface area contributed by atoms with Gasteiger partial charge in [-0.15, -0.1) is 0 Å². The minimum Gasteiger partial charge on any atom is -0.490 e. The van der Waals surface area contributed by atoms with Crippen LogP contribution in [0.15, 0.2) is 60.9 Å². The smallest absolute Gasteiger partial charge is 0.337 e. The van der Waals surface area contributed by atoms with Crippen molar-refractivity contribution < 1.29 is 14.3 Å². The molecule has 1 heterocycles. The summed E-state index contributed by atoms with van der Waals surface area (Å²) in [6, 6.07) is 15.6. The van der Waals surface area contributed by atoms with Gasteiger partial charge < -0.3 is 9.47 Å². The van der Waals surface area contributed by atoms with Crippen LogP contribution in [0.3, 0.4) is 0 Å². The molecule has 0 radical (unpaired) electrons. The Morgan fingerprint density at radius 2 is 1.69 bits per heavy atom. The second-order valence-corrected chi connectivity index (χ2v) is 7.74.